The molecule has 0 bridgehead atoms. The summed E-state index contributed by atoms with van der Waals surface area (Å²) in [7, 11) is -4.05. The molecular formula is C14H19ClO4S. The van der Waals surface area contributed by atoms with E-state index in [2.05, 4.69) is 0 Å². The van der Waals surface area contributed by atoms with Gasteiger partial charge in [0.05, 0.1) is 9.92 Å². The summed E-state index contributed by atoms with van der Waals surface area (Å²) in [6, 6.07) is 5.98. The predicted octanol–water partition coefficient (Wildman–Crippen LogP) is 3.54. The van der Waals surface area contributed by atoms with E-state index in [1.807, 2.05) is 0 Å². The van der Waals surface area contributed by atoms with Crippen molar-refractivity contribution in [1.29, 1.82) is 0 Å². The minimum atomic E-state index is -4.05. The molecule has 0 saturated carbocycles. The lowest BCUT2D eigenvalue weighted by atomic mass is 9.97. The van der Waals surface area contributed by atoms with Gasteiger partial charge in [0.15, 0.2) is 14.6 Å². The van der Waals surface area contributed by atoms with Gasteiger partial charge in [0.1, 0.15) is 0 Å². The Kier molecular flexibility index (Phi) is 5.59. The minimum Gasteiger partial charge on any atom is -0.480 e. The van der Waals surface area contributed by atoms with Crippen LogP contribution in [0.15, 0.2) is 29.2 Å². The molecule has 0 spiro atoms. The highest BCUT2D eigenvalue weighted by atomic mass is 35.5. The van der Waals surface area contributed by atoms with Gasteiger partial charge in [0.25, 0.3) is 0 Å². The average Bonchev–Trinajstić information content (AvgIpc) is 2.38. The Hall–Kier alpha value is -1.07. The first kappa shape index (κ1) is 17.0. The average molecular weight is 319 g/mol. The van der Waals surface area contributed by atoms with Gasteiger partial charge < -0.3 is 5.11 Å². The fraction of sp³-hybridized carbons (Fsp3) is 0.500. The first-order chi connectivity index (χ1) is 9.33. The number of benzene rings is 1. The first-order valence-corrected chi connectivity index (χ1v) is 8.42. The largest absolute Gasteiger partial charge is 0.480 e. The number of sulfone groups is 1. The van der Waals surface area contributed by atoms with Gasteiger partial charge in [0.2, 0.25) is 0 Å². The van der Waals surface area contributed by atoms with Crippen molar-refractivity contribution in [3.63, 3.8) is 0 Å². The molecule has 6 heteroatoms. The van der Waals surface area contributed by atoms with Gasteiger partial charge in [-0.05, 0) is 25.0 Å². The van der Waals surface area contributed by atoms with Crippen molar-refractivity contribution < 1.29 is 18.3 Å². The molecule has 0 fully saturated rings. The molecule has 4 nitrogen and oxygen atoms in total. The van der Waals surface area contributed by atoms with E-state index in [9.17, 15) is 18.3 Å². The Morgan fingerprint density at radius 2 is 1.70 bits per heavy atom. The van der Waals surface area contributed by atoms with Crippen molar-refractivity contribution in [2.75, 3.05) is 0 Å². The summed E-state index contributed by atoms with van der Waals surface area (Å²) in [4.78, 5) is 11.6. The quantitative estimate of drug-likeness (QED) is 0.834. The van der Waals surface area contributed by atoms with Crippen LogP contribution in [-0.4, -0.2) is 24.2 Å². The van der Waals surface area contributed by atoms with Crippen LogP contribution in [0.3, 0.4) is 0 Å². The summed E-state index contributed by atoms with van der Waals surface area (Å²) in [6.45, 7) is 3.55. The van der Waals surface area contributed by atoms with Crippen LogP contribution in [0, 0.1) is 0 Å². The second kappa shape index (κ2) is 6.59. The van der Waals surface area contributed by atoms with Gasteiger partial charge in [-0.25, -0.2) is 8.42 Å². The number of halogens is 1. The normalized spacial score (nSPS) is 12.3. The van der Waals surface area contributed by atoms with Gasteiger partial charge in [-0.2, -0.15) is 0 Å². The summed E-state index contributed by atoms with van der Waals surface area (Å²) in [5.74, 6) is -1.30. The fourth-order valence-corrected chi connectivity index (χ4v) is 5.02. The number of carbonyl (C=O) groups is 1. The summed E-state index contributed by atoms with van der Waals surface area (Å²) >= 11 is 5.95. The molecule has 1 N–H and O–H groups in total. The fourth-order valence-electron chi connectivity index (χ4n) is 2.40. The van der Waals surface area contributed by atoms with Gasteiger partial charge in [-0.1, -0.05) is 50.4 Å². The van der Waals surface area contributed by atoms with E-state index >= 15 is 0 Å². The number of carboxylic acids is 1. The van der Waals surface area contributed by atoms with Crippen LogP contribution in [0.2, 0.25) is 5.02 Å². The molecule has 112 valence electrons. The van der Waals surface area contributed by atoms with Crippen molar-refractivity contribution in [3.05, 3.63) is 29.3 Å². The standard InChI is InChI=1S/C14H19ClO4S/c1-3-9-14(10-4-2,13(16)17)20(18,19)12-8-6-5-7-11(12)15/h5-8H,3-4,9-10H2,1-2H3,(H,16,17). The number of rotatable bonds is 7. The third-order valence-electron chi connectivity index (χ3n) is 3.34. The lowest BCUT2D eigenvalue weighted by molar-refractivity contribution is -0.140. The lowest BCUT2D eigenvalue weighted by Crippen LogP contribution is -2.46. The zero-order valence-corrected chi connectivity index (χ0v) is 13.2. The molecular weight excluding hydrogens is 300 g/mol. The third kappa shape index (κ3) is 2.83. The highest BCUT2D eigenvalue weighted by Gasteiger charge is 2.50. The maximum atomic E-state index is 12.8. The van der Waals surface area contributed by atoms with Crippen LogP contribution in [0.4, 0.5) is 0 Å². The van der Waals surface area contributed by atoms with Crippen molar-refractivity contribution in [2.24, 2.45) is 0 Å². The molecule has 0 unspecified atom stereocenters. The Labute approximate surface area is 124 Å². The van der Waals surface area contributed by atoms with E-state index in [0.29, 0.717) is 12.8 Å². The zero-order valence-electron chi connectivity index (χ0n) is 11.6. The molecule has 0 aromatic heterocycles. The van der Waals surface area contributed by atoms with E-state index in [-0.39, 0.29) is 22.8 Å². The van der Waals surface area contributed by atoms with Gasteiger partial charge in [-0.3, -0.25) is 4.79 Å². The Bertz CT molecular complexity index is 575. The minimum absolute atomic E-state index is 0.0605. The Morgan fingerprint density at radius 1 is 1.20 bits per heavy atom. The molecule has 0 heterocycles. The summed E-state index contributed by atoms with van der Waals surface area (Å²) in [6.07, 6.45) is 1.08. The SMILES string of the molecule is CCCC(CCC)(C(=O)O)S(=O)(=O)c1ccccc1Cl. The molecule has 1 aromatic rings. The zero-order chi connectivity index (χ0) is 15.4. The third-order valence-corrected chi connectivity index (χ3v) is 6.33. The van der Waals surface area contributed by atoms with Gasteiger partial charge in [-0.15, -0.1) is 0 Å². The summed E-state index contributed by atoms with van der Waals surface area (Å²) in [5, 5.41) is 9.61. The summed E-state index contributed by atoms with van der Waals surface area (Å²) < 4.78 is 23.9. The Balaban J connectivity index is 3.54. The van der Waals surface area contributed by atoms with E-state index in [0.717, 1.165) is 0 Å². The van der Waals surface area contributed by atoms with Crippen molar-refractivity contribution in [2.45, 2.75) is 49.2 Å². The lowest BCUT2D eigenvalue weighted by Gasteiger charge is -2.29. The van der Waals surface area contributed by atoms with E-state index in [1.165, 1.54) is 12.1 Å². The van der Waals surface area contributed by atoms with Crippen molar-refractivity contribution in [1.82, 2.24) is 0 Å². The van der Waals surface area contributed by atoms with Crippen LogP contribution in [-0.2, 0) is 14.6 Å². The molecule has 1 rings (SSSR count). The molecule has 0 aliphatic rings. The van der Waals surface area contributed by atoms with E-state index in [1.54, 1.807) is 26.0 Å². The van der Waals surface area contributed by atoms with Crippen LogP contribution in [0.5, 0.6) is 0 Å². The molecule has 0 aliphatic carbocycles. The second-order valence-corrected chi connectivity index (χ2v) is 7.37. The molecule has 0 aliphatic heterocycles. The monoisotopic (exact) mass is 318 g/mol. The molecule has 20 heavy (non-hydrogen) atoms. The van der Waals surface area contributed by atoms with Crippen LogP contribution in [0.1, 0.15) is 39.5 Å². The molecule has 0 amide bonds. The molecule has 0 radical (unpaired) electrons. The highest BCUT2D eigenvalue weighted by molar-refractivity contribution is 7.93. The number of carboxylic acid groups (broad SMARTS) is 1. The number of hydrogen-bond donors (Lipinski definition) is 1. The second-order valence-electron chi connectivity index (χ2n) is 4.73. The highest BCUT2D eigenvalue weighted by Crippen LogP contribution is 2.37. The number of aliphatic carboxylic acids is 1. The summed E-state index contributed by atoms with van der Waals surface area (Å²) in [5.41, 5.74) is 0. The maximum Gasteiger partial charge on any atom is 0.325 e. The van der Waals surface area contributed by atoms with Crippen molar-refractivity contribution in [3.8, 4) is 0 Å². The van der Waals surface area contributed by atoms with Crippen molar-refractivity contribution >= 4 is 27.4 Å². The predicted molar refractivity (Wildman–Crippen MR) is 78.8 cm³/mol. The molecule has 0 saturated heterocycles. The topological polar surface area (TPSA) is 71.4 Å². The van der Waals surface area contributed by atoms with E-state index in [4.69, 9.17) is 11.6 Å². The smallest absolute Gasteiger partial charge is 0.325 e. The Morgan fingerprint density at radius 3 is 2.10 bits per heavy atom. The molecule has 0 atom stereocenters. The maximum absolute atomic E-state index is 12.8. The molecule has 1 aromatic carbocycles. The number of hydrogen-bond acceptors (Lipinski definition) is 3. The van der Waals surface area contributed by atoms with Crippen LogP contribution >= 0.6 is 11.6 Å². The van der Waals surface area contributed by atoms with Gasteiger partial charge in [0, 0.05) is 0 Å². The van der Waals surface area contributed by atoms with Gasteiger partial charge >= 0.3 is 5.97 Å². The van der Waals surface area contributed by atoms with Crippen LogP contribution < -0.4 is 0 Å². The first-order valence-electron chi connectivity index (χ1n) is 6.56. The van der Waals surface area contributed by atoms with E-state index < -0.39 is 20.6 Å². The van der Waals surface area contributed by atoms with Crippen LogP contribution in [0.25, 0.3) is 0 Å².